The Bertz CT molecular complexity index is 1270. The molecule has 2 aromatic heterocycles. The summed E-state index contributed by atoms with van der Waals surface area (Å²) in [5, 5.41) is 22.6. The molecule has 2 aromatic carbocycles. The average molecular weight is 470 g/mol. The highest BCUT2D eigenvalue weighted by Crippen LogP contribution is 2.24. The third-order valence-electron chi connectivity index (χ3n) is 5.00. The Hall–Kier alpha value is -3.30. The molecule has 3 N–H and O–H groups in total. The predicted molar refractivity (Wildman–Crippen MR) is 124 cm³/mol. The Morgan fingerprint density at radius 3 is 2.69 bits per heavy atom. The van der Waals surface area contributed by atoms with Crippen molar-refractivity contribution in [3.05, 3.63) is 65.3 Å². The lowest BCUT2D eigenvalue weighted by Gasteiger charge is -2.14. The van der Waals surface area contributed by atoms with Gasteiger partial charge in [0.2, 0.25) is 5.91 Å². The fraction of sp³-hybridized carbons (Fsp3) is 0.182. The number of nitrogens with zero attached hydrogens (tertiary/aromatic N) is 3. The first-order chi connectivity index (χ1) is 15.4. The van der Waals surface area contributed by atoms with Gasteiger partial charge in [0.15, 0.2) is 11.0 Å². The number of halogens is 1. The molecular formula is C22H20ClN5O3S. The maximum Gasteiger partial charge on any atom is 0.326 e. The SMILES string of the molecule is Cn1c(SCC(=O)N[C@@H](Cc2c[nH]c3ccccc23)C(=O)O)nnc1-c1ccc(Cl)cc1. The number of para-hydroxylation sites is 1. The van der Waals surface area contributed by atoms with E-state index in [0.29, 0.717) is 16.0 Å². The van der Waals surface area contributed by atoms with Crippen molar-refractivity contribution in [2.24, 2.45) is 7.05 Å². The van der Waals surface area contributed by atoms with E-state index < -0.39 is 17.9 Å². The van der Waals surface area contributed by atoms with Gasteiger partial charge in [-0.05, 0) is 35.9 Å². The molecule has 0 fully saturated rings. The second-order valence-electron chi connectivity index (χ2n) is 7.18. The number of carbonyl (C=O) groups is 2. The Balaban J connectivity index is 1.39. The summed E-state index contributed by atoms with van der Waals surface area (Å²) in [5.74, 6) is -0.813. The van der Waals surface area contributed by atoms with E-state index in [-0.39, 0.29) is 12.2 Å². The van der Waals surface area contributed by atoms with Crippen LogP contribution in [0.25, 0.3) is 22.3 Å². The molecule has 0 saturated carbocycles. The molecule has 8 nitrogen and oxygen atoms in total. The number of rotatable bonds is 8. The minimum atomic E-state index is -1.09. The molecule has 1 amide bonds. The number of H-pyrrole nitrogens is 1. The van der Waals surface area contributed by atoms with Crippen molar-refractivity contribution in [3.8, 4) is 11.4 Å². The smallest absolute Gasteiger partial charge is 0.326 e. The topological polar surface area (TPSA) is 113 Å². The van der Waals surface area contributed by atoms with E-state index in [2.05, 4.69) is 20.5 Å². The van der Waals surface area contributed by atoms with Crippen LogP contribution in [-0.4, -0.2) is 48.5 Å². The minimum Gasteiger partial charge on any atom is -0.480 e. The van der Waals surface area contributed by atoms with Gasteiger partial charge in [-0.1, -0.05) is 41.6 Å². The Morgan fingerprint density at radius 2 is 1.94 bits per heavy atom. The summed E-state index contributed by atoms with van der Waals surface area (Å²) < 4.78 is 1.78. The zero-order valence-corrected chi connectivity index (χ0v) is 18.7. The molecule has 4 aromatic rings. The lowest BCUT2D eigenvalue weighted by Crippen LogP contribution is -2.43. The van der Waals surface area contributed by atoms with Crippen LogP contribution in [0.15, 0.2) is 59.9 Å². The molecule has 0 aliphatic carbocycles. The van der Waals surface area contributed by atoms with Crippen molar-refractivity contribution in [1.82, 2.24) is 25.1 Å². The number of benzene rings is 2. The van der Waals surface area contributed by atoms with Gasteiger partial charge in [0, 0.05) is 41.2 Å². The van der Waals surface area contributed by atoms with Gasteiger partial charge in [-0.15, -0.1) is 10.2 Å². The number of carboxylic acids is 1. The molecular weight excluding hydrogens is 450 g/mol. The van der Waals surface area contributed by atoms with Crippen LogP contribution in [-0.2, 0) is 23.1 Å². The first-order valence-electron chi connectivity index (χ1n) is 9.77. The molecule has 0 aliphatic heterocycles. The summed E-state index contributed by atoms with van der Waals surface area (Å²) in [6.45, 7) is 0. The molecule has 0 aliphatic rings. The van der Waals surface area contributed by atoms with Crippen LogP contribution >= 0.6 is 23.4 Å². The van der Waals surface area contributed by atoms with Gasteiger partial charge in [-0.2, -0.15) is 0 Å². The number of amides is 1. The second-order valence-corrected chi connectivity index (χ2v) is 8.56. The van der Waals surface area contributed by atoms with E-state index in [1.54, 1.807) is 29.9 Å². The largest absolute Gasteiger partial charge is 0.480 e. The Labute approximate surface area is 193 Å². The highest BCUT2D eigenvalue weighted by molar-refractivity contribution is 7.99. The van der Waals surface area contributed by atoms with Crippen LogP contribution in [0.3, 0.4) is 0 Å². The standard InChI is InChI=1S/C22H20ClN5O3S/c1-28-20(13-6-8-15(23)9-7-13)26-27-22(28)32-12-19(29)25-18(21(30)31)10-14-11-24-17-5-3-2-4-16(14)17/h2-9,11,18,24H,10,12H2,1H3,(H,25,29)(H,30,31)/t18-/m0/s1. The average Bonchev–Trinajstić information content (AvgIpc) is 3.36. The van der Waals surface area contributed by atoms with Crippen molar-refractivity contribution in [2.45, 2.75) is 17.6 Å². The zero-order valence-electron chi connectivity index (χ0n) is 17.1. The molecule has 10 heteroatoms. The lowest BCUT2D eigenvalue weighted by atomic mass is 10.1. The number of aromatic nitrogens is 4. The quantitative estimate of drug-likeness (QED) is 0.340. The molecule has 32 heavy (non-hydrogen) atoms. The number of nitrogens with one attached hydrogen (secondary N) is 2. The molecule has 0 radical (unpaired) electrons. The summed E-state index contributed by atoms with van der Waals surface area (Å²) in [6.07, 6.45) is 1.96. The molecule has 0 spiro atoms. The maximum atomic E-state index is 12.5. The molecule has 4 rings (SSSR count). The molecule has 2 heterocycles. The van der Waals surface area contributed by atoms with Crippen molar-refractivity contribution in [2.75, 3.05) is 5.75 Å². The Kier molecular flexibility index (Phi) is 6.48. The van der Waals surface area contributed by atoms with E-state index >= 15 is 0 Å². The fourth-order valence-electron chi connectivity index (χ4n) is 3.38. The number of carboxylic acid groups (broad SMARTS) is 1. The van der Waals surface area contributed by atoms with Gasteiger partial charge in [-0.3, -0.25) is 4.79 Å². The van der Waals surface area contributed by atoms with Crippen LogP contribution in [0.1, 0.15) is 5.56 Å². The summed E-state index contributed by atoms with van der Waals surface area (Å²) in [5.41, 5.74) is 2.61. The van der Waals surface area contributed by atoms with E-state index in [9.17, 15) is 14.7 Å². The number of carbonyl (C=O) groups excluding carboxylic acids is 1. The van der Waals surface area contributed by atoms with Gasteiger partial charge >= 0.3 is 5.97 Å². The zero-order chi connectivity index (χ0) is 22.7. The van der Waals surface area contributed by atoms with Crippen LogP contribution in [0.2, 0.25) is 5.02 Å². The number of aliphatic carboxylic acids is 1. The van der Waals surface area contributed by atoms with E-state index in [1.165, 1.54) is 11.8 Å². The maximum absolute atomic E-state index is 12.5. The van der Waals surface area contributed by atoms with Gasteiger partial charge in [0.25, 0.3) is 0 Å². The molecule has 164 valence electrons. The predicted octanol–water partition coefficient (Wildman–Crippen LogP) is 3.52. The lowest BCUT2D eigenvalue weighted by molar-refractivity contribution is -0.141. The van der Waals surface area contributed by atoms with Crippen LogP contribution < -0.4 is 5.32 Å². The van der Waals surface area contributed by atoms with Gasteiger partial charge in [-0.25, -0.2) is 4.79 Å². The fourth-order valence-corrected chi connectivity index (χ4v) is 4.23. The summed E-state index contributed by atoms with van der Waals surface area (Å²) in [6, 6.07) is 13.8. The van der Waals surface area contributed by atoms with Crippen LogP contribution in [0.4, 0.5) is 0 Å². The molecule has 1 atom stereocenters. The summed E-state index contributed by atoms with van der Waals surface area (Å²) in [4.78, 5) is 27.3. The molecule has 0 unspecified atom stereocenters. The molecule has 0 saturated heterocycles. The van der Waals surface area contributed by atoms with Gasteiger partial charge < -0.3 is 20.0 Å². The number of aromatic amines is 1. The van der Waals surface area contributed by atoms with Crippen molar-refractivity contribution >= 4 is 46.1 Å². The van der Waals surface area contributed by atoms with Crippen molar-refractivity contribution in [1.29, 1.82) is 0 Å². The van der Waals surface area contributed by atoms with E-state index in [1.807, 2.05) is 36.4 Å². The van der Waals surface area contributed by atoms with Gasteiger partial charge in [0.05, 0.1) is 5.75 Å². The Morgan fingerprint density at radius 1 is 1.19 bits per heavy atom. The number of hydrogen-bond donors (Lipinski definition) is 3. The van der Waals surface area contributed by atoms with Crippen molar-refractivity contribution in [3.63, 3.8) is 0 Å². The minimum absolute atomic E-state index is 0.0181. The monoisotopic (exact) mass is 469 g/mol. The summed E-state index contributed by atoms with van der Waals surface area (Å²) >= 11 is 7.12. The van der Waals surface area contributed by atoms with Crippen molar-refractivity contribution < 1.29 is 14.7 Å². The summed E-state index contributed by atoms with van der Waals surface area (Å²) in [7, 11) is 1.81. The number of thioether (sulfide) groups is 1. The highest BCUT2D eigenvalue weighted by atomic mass is 35.5. The third kappa shape index (κ3) is 4.79. The number of hydrogen-bond acceptors (Lipinski definition) is 5. The first kappa shape index (κ1) is 21.9. The number of fused-ring (bicyclic) bond motifs is 1. The second kappa shape index (κ2) is 9.46. The van der Waals surface area contributed by atoms with Crippen LogP contribution in [0, 0.1) is 0 Å². The highest BCUT2D eigenvalue weighted by Gasteiger charge is 2.22. The van der Waals surface area contributed by atoms with Crippen LogP contribution in [0.5, 0.6) is 0 Å². The molecule has 0 bridgehead atoms. The third-order valence-corrected chi connectivity index (χ3v) is 6.27. The van der Waals surface area contributed by atoms with E-state index in [0.717, 1.165) is 22.0 Å². The first-order valence-corrected chi connectivity index (χ1v) is 11.1. The van der Waals surface area contributed by atoms with Gasteiger partial charge in [0.1, 0.15) is 6.04 Å². The normalized spacial score (nSPS) is 12.1. The van der Waals surface area contributed by atoms with E-state index in [4.69, 9.17) is 11.6 Å².